The molecule has 2 aromatic rings. The van der Waals surface area contributed by atoms with E-state index >= 15 is 0 Å². The zero-order chi connectivity index (χ0) is 17.0. The quantitative estimate of drug-likeness (QED) is 0.655. The van der Waals surface area contributed by atoms with E-state index in [2.05, 4.69) is 5.32 Å². The van der Waals surface area contributed by atoms with Crippen LogP contribution in [0.4, 0.5) is 5.69 Å². The molecule has 0 atom stereocenters. The fourth-order valence-corrected chi connectivity index (χ4v) is 2.34. The average molecular weight is 327 g/mol. The van der Waals surface area contributed by atoms with E-state index in [4.69, 9.17) is 11.6 Å². The number of nitrogens with one attached hydrogen (secondary N) is 1. The van der Waals surface area contributed by atoms with Crippen molar-refractivity contribution in [3.05, 3.63) is 63.7 Å². The molecule has 0 fully saturated rings. The predicted molar refractivity (Wildman–Crippen MR) is 91.3 cm³/mol. The maximum Gasteiger partial charge on any atom is 0.266 e. The number of aromatic hydroxyl groups is 1. The summed E-state index contributed by atoms with van der Waals surface area (Å²) < 4.78 is 0. The second-order valence-corrected chi connectivity index (χ2v) is 5.57. The molecule has 116 valence electrons. The first-order chi connectivity index (χ1) is 10.9. The first kappa shape index (κ1) is 16.6. The third-order valence-electron chi connectivity index (χ3n) is 3.27. The van der Waals surface area contributed by atoms with Crippen LogP contribution in [0.15, 0.2) is 42.0 Å². The molecule has 2 aromatic carbocycles. The molecule has 0 saturated carbocycles. The molecule has 5 heteroatoms. The third kappa shape index (κ3) is 4.12. The van der Waals surface area contributed by atoms with E-state index in [9.17, 15) is 15.2 Å². The van der Waals surface area contributed by atoms with Crippen LogP contribution in [0.2, 0.25) is 5.02 Å². The Kier molecular flexibility index (Phi) is 5.05. The highest BCUT2D eigenvalue weighted by molar-refractivity contribution is 6.31. The third-order valence-corrected chi connectivity index (χ3v) is 3.51. The standard InChI is InChI=1S/C18H15ClN2O2/c1-11-6-13(7-12(2)17(11)22)8-14(10-20)18(23)21-16-5-3-4-15(19)9-16/h3-9,22H,1-2H3,(H,21,23). The Morgan fingerprint density at radius 3 is 2.48 bits per heavy atom. The molecule has 0 saturated heterocycles. The number of nitriles is 1. The summed E-state index contributed by atoms with van der Waals surface area (Å²) in [6.45, 7) is 3.52. The zero-order valence-corrected chi connectivity index (χ0v) is 13.5. The number of hydrogen-bond donors (Lipinski definition) is 2. The van der Waals surface area contributed by atoms with Gasteiger partial charge in [0.2, 0.25) is 0 Å². The topological polar surface area (TPSA) is 73.1 Å². The van der Waals surface area contributed by atoms with Crippen molar-refractivity contribution in [2.24, 2.45) is 0 Å². The van der Waals surface area contributed by atoms with Crippen molar-refractivity contribution in [1.29, 1.82) is 5.26 Å². The van der Waals surface area contributed by atoms with Crippen molar-refractivity contribution in [3.63, 3.8) is 0 Å². The van der Waals surface area contributed by atoms with Gasteiger partial charge in [0.1, 0.15) is 17.4 Å². The van der Waals surface area contributed by atoms with E-state index in [-0.39, 0.29) is 11.3 Å². The summed E-state index contributed by atoms with van der Waals surface area (Å²) in [5.41, 5.74) is 2.53. The van der Waals surface area contributed by atoms with Gasteiger partial charge in [-0.15, -0.1) is 0 Å². The molecular weight excluding hydrogens is 312 g/mol. The smallest absolute Gasteiger partial charge is 0.266 e. The normalized spacial score (nSPS) is 11.0. The van der Waals surface area contributed by atoms with Gasteiger partial charge in [0.05, 0.1) is 0 Å². The number of phenolic OH excluding ortho intramolecular Hbond substituents is 1. The van der Waals surface area contributed by atoms with Crippen LogP contribution in [0.5, 0.6) is 5.75 Å². The van der Waals surface area contributed by atoms with E-state index < -0.39 is 5.91 Å². The van der Waals surface area contributed by atoms with Crippen LogP contribution < -0.4 is 5.32 Å². The van der Waals surface area contributed by atoms with Gasteiger partial charge < -0.3 is 10.4 Å². The average Bonchev–Trinajstić information content (AvgIpc) is 2.50. The van der Waals surface area contributed by atoms with Crippen LogP contribution in [-0.2, 0) is 4.79 Å². The molecular formula is C18H15ClN2O2. The molecule has 0 unspecified atom stereocenters. The molecule has 0 aliphatic heterocycles. The second kappa shape index (κ2) is 6.99. The highest BCUT2D eigenvalue weighted by atomic mass is 35.5. The summed E-state index contributed by atoms with van der Waals surface area (Å²) in [6.07, 6.45) is 1.49. The van der Waals surface area contributed by atoms with Crippen LogP contribution in [-0.4, -0.2) is 11.0 Å². The van der Waals surface area contributed by atoms with Crippen molar-refractivity contribution >= 4 is 29.3 Å². The van der Waals surface area contributed by atoms with Crippen molar-refractivity contribution in [1.82, 2.24) is 0 Å². The maximum absolute atomic E-state index is 12.2. The number of amides is 1. The van der Waals surface area contributed by atoms with E-state index in [1.807, 2.05) is 6.07 Å². The molecule has 1 amide bonds. The molecule has 0 spiro atoms. The summed E-state index contributed by atoms with van der Waals surface area (Å²) >= 11 is 5.87. The van der Waals surface area contributed by atoms with Gasteiger partial charge in [-0.05, 0) is 66.9 Å². The van der Waals surface area contributed by atoms with Crippen LogP contribution in [0.1, 0.15) is 16.7 Å². The minimum Gasteiger partial charge on any atom is -0.507 e. The molecule has 23 heavy (non-hydrogen) atoms. The van der Waals surface area contributed by atoms with E-state index in [1.165, 1.54) is 6.08 Å². The largest absolute Gasteiger partial charge is 0.507 e. The number of halogens is 1. The van der Waals surface area contributed by atoms with Crippen LogP contribution in [0.3, 0.4) is 0 Å². The zero-order valence-electron chi connectivity index (χ0n) is 12.7. The lowest BCUT2D eigenvalue weighted by Crippen LogP contribution is -2.13. The van der Waals surface area contributed by atoms with E-state index in [0.29, 0.717) is 27.4 Å². The minimum atomic E-state index is -0.516. The predicted octanol–water partition coefficient (Wildman–Crippen LogP) is 4.21. The molecule has 2 N–H and O–H groups in total. The SMILES string of the molecule is Cc1cc(C=C(C#N)C(=O)Nc2cccc(Cl)c2)cc(C)c1O. The van der Waals surface area contributed by atoms with Gasteiger partial charge >= 0.3 is 0 Å². The van der Waals surface area contributed by atoms with Crippen LogP contribution >= 0.6 is 11.6 Å². The van der Waals surface area contributed by atoms with Gasteiger partial charge in [0.15, 0.2) is 0 Å². The number of rotatable bonds is 3. The molecule has 0 aliphatic rings. The number of aryl methyl sites for hydroxylation is 2. The highest BCUT2D eigenvalue weighted by Gasteiger charge is 2.11. The lowest BCUT2D eigenvalue weighted by atomic mass is 10.0. The van der Waals surface area contributed by atoms with Crippen LogP contribution in [0, 0.1) is 25.2 Å². The van der Waals surface area contributed by atoms with Gasteiger partial charge in [0, 0.05) is 10.7 Å². The molecule has 2 rings (SSSR count). The Bertz CT molecular complexity index is 812. The number of anilines is 1. The van der Waals surface area contributed by atoms with Gasteiger partial charge in [-0.3, -0.25) is 4.79 Å². The van der Waals surface area contributed by atoms with Gasteiger partial charge in [0.25, 0.3) is 5.91 Å². The summed E-state index contributed by atoms with van der Waals surface area (Å²) in [5, 5.41) is 22.1. The number of carbonyl (C=O) groups excluding carboxylic acids is 1. The Balaban J connectivity index is 2.28. The first-order valence-corrected chi connectivity index (χ1v) is 7.27. The lowest BCUT2D eigenvalue weighted by molar-refractivity contribution is -0.112. The summed E-state index contributed by atoms with van der Waals surface area (Å²) in [4.78, 5) is 12.2. The number of carbonyl (C=O) groups is 1. The fourth-order valence-electron chi connectivity index (χ4n) is 2.15. The van der Waals surface area contributed by atoms with Crippen LogP contribution in [0.25, 0.3) is 6.08 Å². The number of hydrogen-bond acceptors (Lipinski definition) is 3. The van der Waals surface area contributed by atoms with Crippen molar-refractivity contribution in [2.45, 2.75) is 13.8 Å². The Hall–Kier alpha value is -2.77. The van der Waals surface area contributed by atoms with E-state index in [1.54, 1.807) is 50.2 Å². The summed E-state index contributed by atoms with van der Waals surface area (Å²) in [7, 11) is 0. The second-order valence-electron chi connectivity index (χ2n) is 5.14. The summed E-state index contributed by atoms with van der Waals surface area (Å²) in [6, 6.07) is 12.0. The van der Waals surface area contributed by atoms with Crippen molar-refractivity contribution in [3.8, 4) is 11.8 Å². The number of benzene rings is 2. The molecule has 0 heterocycles. The van der Waals surface area contributed by atoms with Gasteiger partial charge in [-0.1, -0.05) is 17.7 Å². The first-order valence-electron chi connectivity index (χ1n) is 6.89. The molecule has 0 aromatic heterocycles. The molecule has 0 radical (unpaired) electrons. The van der Waals surface area contributed by atoms with Gasteiger partial charge in [-0.2, -0.15) is 5.26 Å². The van der Waals surface area contributed by atoms with Gasteiger partial charge in [-0.25, -0.2) is 0 Å². The Labute approximate surface area is 139 Å². The van der Waals surface area contributed by atoms with Crippen molar-refractivity contribution in [2.75, 3.05) is 5.32 Å². The Morgan fingerprint density at radius 1 is 1.26 bits per heavy atom. The highest BCUT2D eigenvalue weighted by Crippen LogP contribution is 2.24. The number of phenols is 1. The molecule has 0 aliphatic carbocycles. The number of nitrogens with zero attached hydrogens (tertiary/aromatic N) is 1. The van der Waals surface area contributed by atoms with E-state index in [0.717, 1.165) is 0 Å². The monoisotopic (exact) mass is 326 g/mol. The molecule has 4 nitrogen and oxygen atoms in total. The fraction of sp³-hybridized carbons (Fsp3) is 0.111. The lowest BCUT2D eigenvalue weighted by Gasteiger charge is -2.07. The molecule has 0 bridgehead atoms. The minimum absolute atomic E-state index is 0.0329. The summed E-state index contributed by atoms with van der Waals surface area (Å²) in [5.74, 6) is -0.304. The van der Waals surface area contributed by atoms with Crippen molar-refractivity contribution < 1.29 is 9.90 Å². The maximum atomic E-state index is 12.2. The Morgan fingerprint density at radius 2 is 1.91 bits per heavy atom.